The minimum atomic E-state index is -0.0129. The van der Waals surface area contributed by atoms with E-state index in [2.05, 4.69) is 17.1 Å². The predicted molar refractivity (Wildman–Crippen MR) is 92.6 cm³/mol. The summed E-state index contributed by atoms with van der Waals surface area (Å²) in [5.74, 6) is -0.0129. The fraction of sp³-hybridized carbons (Fsp3) is 0.500. The molecule has 5 heteroatoms. The van der Waals surface area contributed by atoms with E-state index in [1.54, 1.807) is 0 Å². The number of carbonyl (C=O) groups is 1. The summed E-state index contributed by atoms with van der Waals surface area (Å²) in [7, 11) is 2.05. The Morgan fingerprint density at radius 3 is 2.67 bits per heavy atom. The van der Waals surface area contributed by atoms with E-state index in [9.17, 15) is 4.79 Å². The number of thiocarbonyl (C=S) groups is 1. The molecular formula is C16H25N3OS. The molecule has 0 bridgehead atoms. The van der Waals surface area contributed by atoms with Crippen LogP contribution in [0, 0.1) is 0 Å². The van der Waals surface area contributed by atoms with E-state index in [0.29, 0.717) is 22.7 Å². The molecule has 0 aliphatic heterocycles. The van der Waals surface area contributed by atoms with Crippen LogP contribution in [0.2, 0.25) is 0 Å². The molecule has 1 rings (SSSR count). The zero-order valence-electron chi connectivity index (χ0n) is 12.9. The van der Waals surface area contributed by atoms with Gasteiger partial charge in [-0.2, -0.15) is 0 Å². The quantitative estimate of drug-likeness (QED) is 0.544. The van der Waals surface area contributed by atoms with Gasteiger partial charge in [0.2, 0.25) is 5.91 Å². The van der Waals surface area contributed by atoms with E-state index in [0.717, 1.165) is 13.1 Å². The van der Waals surface area contributed by atoms with Crippen LogP contribution < -0.4 is 11.1 Å². The molecule has 0 aliphatic rings. The molecule has 0 spiro atoms. The minimum absolute atomic E-state index is 0.0129. The predicted octanol–water partition coefficient (Wildman–Crippen LogP) is 2.77. The van der Waals surface area contributed by atoms with Crippen LogP contribution in [0.5, 0.6) is 0 Å². The number of carbonyl (C=O) groups excluding carboxylic acids is 1. The van der Waals surface area contributed by atoms with E-state index in [4.69, 9.17) is 18.0 Å². The zero-order valence-corrected chi connectivity index (χ0v) is 13.7. The van der Waals surface area contributed by atoms with Gasteiger partial charge in [-0.15, -0.1) is 0 Å². The second kappa shape index (κ2) is 9.47. The van der Waals surface area contributed by atoms with Crippen molar-refractivity contribution in [2.45, 2.75) is 32.6 Å². The van der Waals surface area contributed by atoms with Gasteiger partial charge in [-0.1, -0.05) is 44.1 Å². The number of nitrogens with one attached hydrogen (secondary N) is 1. The molecule has 0 saturated heterocycles. The standard InChI is InChI=1S/C16H25N3OS/c1-3-4-7-11-19(2)12-10-15(20)18-14-9-6-5-8-13(14)16(17)21/h5-6,8-9H,3-4,7,10-12H2,1-2H3,(H2,17,21)(H,18,20). The lowest BCUT2D eigenvalue weighted by atomic mass is 10.1. The third-order valence-electron chi connectivity index (χ3n) is 3.33. The molecule has 1 aromatic carbocycles. The number of hydrogen-bond acceptors (Lipinski definition) is 3. The minimum Gasteiger partial charge on any atom is -0.389 e. The Kier molecular flexibility index (Phi) is 7.93. The van der Waals surface area contributed by atoms with Crippen LogP contribution >= 0.6 is 12.2 Å². The summed E-state index contributed by atoms with van der Waals surface area (Å²) in [6, 6.07) is 7.34. The highest BCUT2D eigenvalue weighted by Gasteiger charge is 2.09. The zero-order chi connectivity index (χ0) is 15.7. The van der Waals surface area contributed by atoms with Crippen molar-refractivity contribution in [3.05, 3.63) is 29.8 Å². The molecule has 1 amide bonds. The smallest absolute Gasteiger partial charge is 0.225 e. The molecule has 4 nitrogen and oxygen atoms in total. The van der Waals surface area contributed by atoms with Crippen LogP contribution in [0.3, 0.4) is 0 Å². The number of unbranched alkanes of at least 4 members (excludes halogenated alkanes) is 2. The number of rotatable bonds is 9. The van der Waals surface area contributed by atoms with Crippen molar-refractivity contribution in [1.82, 2.24) is 4.90 Å². The van der Waals surface area contributed by atoms with Crippen molar-refractivity contribution in [2.24, 2.45) is 5.73 Å². The van der Waals surface area contributed by atoms with Crippen LogP contribution in [-0.2, 0) is 4.79 Å². The summed E-state index contributed by atoms with van der Waals surface area (Å²) < 4.78 is 0. The normalized spacial score (nSPS) is 10.6. The monoisotopic (exact) mass is 307 g/mol. The van der Waals surface area contributed by atoms with Gasteiger partial charge in [-0.05, 0) is 32.1 Å². The van der Waals surface area contributed by atoms with Gasteiger partial charge in [0.05, 0.1) is 5.69 Å². The number of amides is 1. The highest BCUT2D eigenvalue weighted by Crippen LogP contribution is 2.15. The van der Waals surface area contributed by atoms with Crippen LogP contribution in [0.25, 0.3) is 0 Å². The summed E-state index contributed by atoms with van der Waals surface area (Å²) in [6.07, 6.45) is 4.09. The fourth-order valence-electron chi connectivity index (χ4n) is 2.06. The second-order valence-corrected chi connectivity index (χ2v) is 5.66. The first-order valence-corrected chi connectivity index (χ1v) is 7.82. The summed E-state index contributed by atoms with van der Waals surface area (Å²) in [4.78, 5) is 14.5. The number of anilines is 1. The summed E-state index contributed by atoms with van der Waals surface area (Å²) in [5.41, 5.74) is 7.04. The maximum atomic E-state index is 12.0. The average molecular weight is 307 g/mol. The summed E-state index contributed by atoms with van der Waals surface area (Å²) in [5, 5.41) is 2.88. The molecule has 0 radical (unpaired) electrons. The molecule has 116 valence electrons. The highest BCUT2D eigenvalue weighted by atomic mass is 32.1. The third-order valence-corrected chi connectivity index (χ3v) is 3.55. The third kappa shape index (κ3) is 6.69. The van der Waals surface area contributed by atoms with Crippen molar-refractivity contribution in [1.29, 1.82) is 0 Å². The first kappa shape index (κ1) is 17.6. The number of benzene rings is 1. The Morgan fingerprint density at radius 2 is 2.00 bits per heavy atom. The second-order valence-electron chi connectivity index (χ2n) is 5.22. The number of para-hydroxylation sites is 1. The maximum Gasteiger partial charge on any atom is 0.225 e. The van der Waals surface area contributed by atoms with Crippen LogP contribution in [0.1, 0.15) is 38.2 Å². The molecule has 3 N–H and O–H groups in total. The molecule has 0 aliphatic carbocycles. The van der Waals surface area contributed by atoms with Crippen LogP contribution in [0.15, 0.2) is 24.3 Å². The maximum absolute atomic E-state index is 12.0. The van der Waals surface area contributed by atoms with Gasteiger partial charge in [0.25, 0.3) is 0 Å². The Labute approximate surface area is 132 Å². The van der Waals surface area contributed by atoms with E-state index in [-0.39, 0.29) is 5.91 Å². The number of nitrogens with two attached hydrogens (primary N) is 1. The van der Waals surface area contributed by atoms with E-state index >= 15 is 0 Å². The lowest BCUT2D eigenvalue weighted by Gasteiger charge is -2.16. The molecule has 1 aromatic rings. The van der Waals surface area contributed by atoms with Crippen molar-refractivity contribution in [3.63, 3.8) is 0 Å². The highest BCUT2D eigenvalue weighted by molar-refractivity contribution is 7.80. The van der Waals surface area contributed by atoms with Crippen molar-refractivity contribution in [2.75, 3.05) is 25.5 Å². The molecule has 0 unspecified atom stereocenters. The first-order valence-electron chi connectivity index (χ1n) is 7.41. The molecule has 0 fully saturated rings. The van der Waals surface area contributed by atoms with Crippen molar-refractivity contribution in [3.8, 4) is 0 Å². The summed E-state index contributed by atoms with van der Waals surface area (Å²) >= 11 is 4.99. The number of hydrogen-bond donors (Lipinski definition) is 2. The lowest BCUT2D eigenvalue weighted by molar-refractivity contribution is -0.116. The Morgan fingerprint density at radius 1 is 1.29 bits per heavy atom. The van der Waals surface area contributed by atoms with Crippen molar-refractivity contribution < 1.29 is 4.79 Å². The molecule has 0 heterocycles. The Hall–Kier alpha value is -1.46. The SMILES string of the molecule is CCCCCN(C)CCC(=O)Nc1ccccc1C(N)=S. The van der Waals surface area contributed by atoms with E-state index in [1.165, 1.54) is 19.3 Å². The fourth-order valence-corrected chi connectivity index (χ4v) is 2.23. The van der Waals surface area contributed by atoms with Gasteiger partial charge in [0, 0.05) is 18.5 Å². The van der Waals surface area contributed by atoms with Crippen LogP contribution in [0.4, 0.5) is 5.69 Å². The molecule has 0 saturated carbocycles. The topological polar surface area (TPSA) is 58.4 Å². The molecule has 0 aromatic heterocycles. The van der Waals surface area contributed by atoms with Gasteiger partial charge >= 0.3 is 0 Å². The molecular weight excluding hydrogens is 282 g/mol. The average Bonchev–Trinajstić information content (AvgIpc) is 2.46. The van der Waals surface area contributed by atoms with Gasteiger partial charge in [-0.3, -0.25) is 4.79 Å². The lowest BCUT2D eigenvalue weighted by Crippen LogP contribution is -2.25. The number of nitrogens with zero attached hydrogens (tertiary/aromatic N) is 1. The van der Waals surface area contributed by atoms with Gasteiger partial charge < -0.3 is 16.0 Å². The first-order chi connectivity index (χ1) is 10.0. The van der Waals surface area contributed by atoms with E-state index < -0.39 is 0 Å². The van der Waals surface area contributed by atoms with Gasteiger partial charge in [0.15, 0.2) is 0 Å². The van der Waals surface area contributed by atoms with Gasteiger partial charge in [-0.25, -0.2) is 0 Å². The van der Waals surface area contributed by atoms with Gasteiger partial charge in [0.1, 0.15) is 4.99 Å². The van der Waals surface area contributed by atoms with Crippen LogP contribution in [-0.4, -0.2) is 35.9 Å². The van der Waals surface area contributed by atoms with Crippen molar-refractivity contribution >= 4 is 28.8 Å². The Bertz CT molecular complexity index is 476. The van der Waals surface area contributed by atoms with E-state index in [1.807, 2.05) is 31.3 Å². The largest absolute Gasteiger partial charge is 0.389 e. The molecule has 21 heavy (non-hydrogen) atoms. The Balaban J connectivity index is 2.42. The summed E-state index contributed by atoms with van der Waals surface area (Å²) in [6.45, 7) is 3.97. The molecule has 0 atom stereocenters.